The quantitative estimate of drug-likeness (QED) is 0.643. The van der Waals surface area contributed by atoms with E-state index in [1.54, 1.807) is 0 Å². The third-order valence-electron chi connectivity index (χ3n) is 4.12. The summed E-state index contributed by atoms with van der Waals surface area (Å²) in [5, 5.41) is 11.7. The summed E-state index contributed by atoms with van der Waals surface area (Å²) in [6.45, 7) is 4.83. The van der Waals surface area contributed by atoms with Crippen molar-refractivity contribution in [2.45, 2.75) is 63.3 Å². The van der Waals surface area contributed by atoms with Crippen molar-refractivity contribution >= 4 is 17.7 Å². The normalized spacial score (nSPS) is 22.9. The molecule has 0 spiro atoms. The molecule has 1 fully saturated rings. The van der Waals surface area contributed by atoms with Crippen molar-refractivity contribution in [3.05, 3.63) is 17.5 Å². The molecule has 0 aliphatic heterocycles. The Morgan fingerprint density at radius 1 is 1.50 bits per heavy atom. The van der Waals surface area contributed by atoms with Crippen LogP contribution in [0.15, 0.2) is 15.6 Å². The van der Waals surface area contributed by atoms with Crippen LogP contribution in [0.25, 0.3) is 0 Å². The number of thioether (sulfide) groups is 1. The Bertz CT molecular complexity index is 486. The predicted molar refractivity (Wildman–Crippen MR) is 93.5 cm³/mol. The number of hydrogen-bond donors (Lipinski definition) is 2. The molecule has 22 heavy (non-hydrogen) atoms. The van der Waals surface area contributed by atoms with Crippen LogP contribution in [0, 0.1) is 0 Å². The lowest BCUT2D eigenvalue weighted by atomic mass is 9.95. The lowest BCUT2D eigenvalue weighted by Crippen LogP contribution is -2.45. The number of nitrogens with zero attached hydrogens (tertiary/aromatic N) is 2. The summed E-state index contributed by atoms with van der Waals surface area (Å²) in [5.41, 5.74) is 0.995. The van der Waals surface area contributed by atoms with E-state index in [9.17, 15) is 0 Å². The Morgan fingerprint density at radius 3 is 2.95 bits per heavy atom. The Morgan fingerprint density at radius 2 is 2.32 bits per heavy atom. The summed E-state index contributed by atoms with van der Waals surface area (Å²) in [6, 6.07) is 2.52. The van der Waals surface area contributed by atoms with Gasteiger partial charge < -0.3 is 15.2 Å². The second kappa shape index (κ2) is 8.46. The highest BCUT2D eigenvalue weighted by Crippen LogP contribution is 2.26. The molecule has 0 aromatic carbocycles. The molecule has 2 atom stereocenters. The number of nitrogens with one attached hydrogen (secondary N) is 2. The third kappa shape index (κ3) is 4.93. The van der Waals surface area contributed by atoms with Crippen LogP contribution in [0.2, 0.25) is 0 Å². The first-order valence-corrected chi connectivity index (χ1v) is 9.36. The number of aliphatic imine (C=N–C) groups is 1. The molecule has 1 aliphatic rings. The van der Waals surface area contributed by atoms with Crippen molar-refractivity contribution in [1.29, 1.82) is 0 Å². The van der Waals surface area contributed by atoms with Crippen LogP contribution in [-0.2, 0) is 6.54 Å². The van der Waals surface area contributed by atoms with Crippen LogP contribution in [0.5, 0.6) is 0 Å². The SMILES string of the molecule is CN=C(NCc1cc(C(C)C)no1)NC1CCCC(SC)C1. The molecule has 0 bridgehead atoms. The van der Waals surface area contributed by atoms with Gasteiger partial charge in [-0.3, -0.25) is 4.99 Å². The van der Waals surface area contributed by atoms with Crippen LogP contribution < -0.4 is 10.6 Å². The van der Waals surface area contributed by atoms with Crippen LogP contribution >= 0.6 is 11.8 Å². The molecule has 1 aliphatic carbocycles. The monoisotopic (exact) mass is 324 g/mol. The molecule has 1 heterocycles. The molecule has 1 saturated carbocycles. The molecule has 2 unspecified atom stereocenters. The van der Waals surface area contributed by atoms with Gasteiger partial charge >= 0.3 is 0 Å². The molecular formula is C16H28N4OS. The summed E-state index contributed by atoms with van der Waals surface area (Å²) in [7, 11) is 1.81. The van der Waals surface area contributed by atoms with Gasteiger partial charge in [0.05, 0.1) is 12.2 Å². The van der Waals surface area contributed by atoms with E-state index in [-0.39, 0.29) is 0 Å². The molecule has 0 radical (unpaired) electrons. The zero-order valence-corrected chi connectivity index (χ0v) is 14.9. The summed E-state index contributed by atoms with van der Waals surface area (Å²) in [5.74, 6) is 2.08. The van der Waals surface area contributed by atoms with Gasteiger partial charge in [-0.25, -0.2) is 0 Å². The average molecular weight is 324 g/mol. The first kappa shape index (κ1) is 17.2. The molecule has 5 nitrogen and oxygen atoms in total. The largest absolute Gasteiger partial charge is 0.359 e. The molecule has 0 amide bonds. The van der Waals surface area contributed by atoms with Crippen LogP contribution in [0.4, 0.5) is 0 Å². The van der Waals surface area contributed by atoms with Crippen molar-refractivity contribution in [3.63, 3.8) is 0 Å². The molecule has 2 N–H and O–H groups in total. The van der Waals surface area contributed by atoms with Gasteiger partial charge in [0.25, 0.3) is 0 Å². The predicted octanol–water partition coefficient (Wildman–Crippen LogP) is 3.14. The molecule has 1 aromatic rings. The topological polar surface area (TPSA) is 62.5 Å². The minimum atomic E-state index is 0.389. The highest BCUT2D eigenvalue weighted by atomic mass is 32.2. The van der Waals surface area contributed by atoms with Crippen molar-refractivity contribution in [2.24, 2.45) is 4.99 Å². The summed E-state index contributed by atoms with van der Waals surface area (Å²) >= 11 is 1.98. The maximum absolute atomic E-state index is 5.35. The molecule has 124 valence electrons. The Hall–Kier alpha value is -1.17. The van der Waals surface area contributed by atoms with E-state index < -0.39 is 0 Å². The van der Waals surface area contributed by atoms with Crippen molar-refractivity contribution in [3.8, 4) is 0 Å². The van der Waals surface area contributed by atoms with Gasteiger partial charge in [-0.15, -0.1) is 0 Å². The van der Waals surface area contributed by atoms with Crippen molar-refractivity contribution in [1.82, 2.24) is 15.8 Å². The first-order valence-electron chi connectivity index (χ1n) is 8.07. The minimum Gasteiger partial charge on any atom is -0.359 e. The Kier molecular flexibility index (Phi) is 6.61. The molecule has 0 saturated heterocycles. The molecule has 1 aromatic heterocycles. The smallest absolute Gasteiger partial charge is 0.191 e. The highest BCUT2D eigenvalue weighted by molar-refractivity contribution is 7.99. The van der Waals surface area contributed by atoms with Crippen molar-refractivity contribution in [2.75, 3.05) is 13.3 Å². The Balaban J connectivity index is 1.81. The van der Waals surface area contributed by atoms with E-state index in [1.807, 2.05) is 24.9 Å². The summed E-state index contributed by atoms with van der Waals surface area (Å²) < 4.78 is 5.35. The molecule has 6 heteroatoms. The summed E-state index contributed by atoms with van der Waals surface area (Å²) in [6.07, 6.45) is 7.26. The average Bonchev–Trinajstić information content (AvgIpc) is 3.01. The zero-order chi connectivity index (χ0) is 15.9. The van der Waals surface area contributed by atoms with Gasteiger partial charge in [-0.1, -0.05) is 25.4 Å². The van der Waals surface area contributed by atoms with Gasteiger partial charge in [0.15, 0.2) is 11.7 Å². The zero-order valence-electron chi connectivity index (χ0n) is 14.1. The maximum Gasteiger partial charge on any atom is 0.191 e. The lowest BCUT2D eigenvalue weighted by Gasteiger charge is -2.29. The lowest BCUT2D eigenvalue weighted by molar-refractivity contribution is 0.370. The first-order chi connectivity index (χ1) is 10.6. The molecular weight excluding hydrogens is 296 g/mol. The van der Waals surface area contributed by atoms with E-state index >= 15 is 0 Å². The van der Waals surface area contributed by atoms with Crippen LogP contribution in [0.1, 0.15) is 56.9 Å². The van der Waals surface area contributed by atoms with Crippen LogP contribution in [0.3, 0.4) is 0 Å². The van der Waals surface area contributed by atoms with E-state index in [0.717, 1.165) is 22.7 Å². The molecule has 2 rings (SSSR count). The van der Waals surface area contributed by atoms with Gasteiger partial charge in [0, 0.05) is 24.4 Å². The second-order valence-corrected chi connectivity index (χ2v) is 7.30. The van der Waals surface area contributed by atoms with E-state index in [4.69, 9.17) is 4.52 Å². The fraction of sp³-hybridized carbons (Fsp3) is 0.750. The van der Waals surface area contributed by atoms with Gasteiger partial charge in [0.1, 0.15) is 0 Å². The van der Waals surface area contributed by atoms with Crippen LogP contribution in [-0.4, -0.2) is 35.7 Å². The van der Waals surface area contributed by atoms with Gasteiger partial charge in [-0.2, -0.15) is 11.8 Å². The fourth-order valence-electron chi connectivity index (χ4n) is 2.73. The van der Waals surface area contributed by atoms with Gasteiger partial charge in [0.2, 0.25) is 0 Å². The fourth-order valence-corrected chi connectivity index (χ4v) is 3.56. The summed E-state index contributed by atoms with van der Waals surface area (Å²) in [4.78, 5) is 4.32. The standard InChI is InChI=1S/C16H28N4OS/c1-11(2)15-9-13(21-20-15)10-18-16(17-3)19-12-6-5-7-14(8-12)22-4/h9,11-12,14H,5-8,10H2,1-4H3,(H2,17,18,19). The van der Waals surface area contributed by atoms with Crippen molar-refractivity contribution < 1.29 is 4.52 Å². The minimum absolute atomic E-state index is 0.389. The third-order valence-corrected chi connectivity index (χ3v) is 5.22. The van der Waals surface area contributed by atoms with Gasteiger partial charge in [-0.05, 0) is 31.4 Å². The number of guanidine groups is 1. The maximum atomic E-state index is 5.35. The number of aromatic nitrogens is 1. The second-order valence-electron chi connectivity index (χ2n) is 6.16. The Labute approximate surface area is 137 Å². The highest BCUT2D eigenvalue weighted by Gasteiger charge is 2.22. The number of rotatable bonds is 5. The van der Waals surface area contributed by atoms with E-state index in [2.05, 4.69) is 40.9 Å². The van der Waals surface area contributed by atoms with E-state index in [0.29, 0.717) is 18.5 Å². The number of hydrogen-bond acceptors (Lipinski definition) is 4. The van der Waals surface area contributed by atoms with E-state index in [1.165, 1.54) is 25.7 Å².